The highest BCUT2D eigenvalue weighted by atomic mass is 35.5. The van der Waals surface area contributed by atoms with Crippen molar-refractivity contribution in [3.05, 3.63) is 74.5 Å². The van der Waals surface area contributed by atoms with E-state index in [0.717, 1.165) is 12.1 Å². The van der Waals surface area contributed by atoms with Crippen molar-refractivity contribution in [2.24, 2.45) is 0 Å². The summed E-state index contributed by atoms with van der Waals surface area (Å²) in [5, 5.41) is 4.68. The minimum atomic E-state index is -4.49. The van der Waals surface area contributed by atoms with E-state index in [4.69, 9.17) is 39.5 Å². The van der Waals surface area contributed by atoms with Gasteiger partial charge in [0.2, 0.25) is 5.78 Å². The van der Waals surface area contributed by atoms with Crippen molar-refractivity contribution in [3.8, 4) is 5.75 Å². The van der Waals surface area contributed by atoms with E-state index in [-0.39, 0.29) is 45.3 Å². The smallest absolute Gasteiger partial charge is 0.416 e. The second-order valence-electron chi connectivity index (χ2n) is 7.57. The maximum Gasteiger partial charge on any atom is 0.416 e. The highest BCUT2D eigenvalue weighted by Crippen LogP contribution is 2.36. The zero-order valence-electron chi connectivity index (χ0n) is 17.4. The first-order valence-corrected chi connectivity index (χ1v) is 11.0. The summed E-state index contributed by atoms with van der Waals surface area (Å²) < 4.78 is 45.6. The number of amides is 1. The topological polar surface area (TPSA) is 64.4 Å². The van der Waals surface area contributed by atoms with Crippen molar-refractivity contribution < 1.29 is 27.5 Å². The number of anilines is 1. The van der Waals surface area contributed by atoms with E-state index >= 15 is 0 Å². The number of ether oxygens (including phenoxy) is 1. The van der Waals surface area contributed by atoms with Crippen molar-refractivity contribution in [1.82, 2.24) is 9.78 Å². The summed E-state index contributed by atoms with van der Waals surface area (Å²) in [6.45, 7) is 1.46. The lowest BCUT2D eigenvalue weighted by Gasteiger charge is -2.32. The van der Waals surface area contributed by atoms with Gasteiger partial charge in [0, 0.05) is 17.3 Å². The van der Waals surface area contributed by atoms with Gasteiger partial charge in [-0.2, -0.15) is 18.3 Å². The Labute approximate surface area is 206 Å². The second-order valence-corrected chi connectivity index (χ2v) is 8.82. The van der Waals surface area contributed by atoms with Crippen LogP contribution in [0.3, 0.4) is 0 Å². The summed E-state index contributed by atoms with van der Waals surface area (Å²) in [4.78, 5) is 27.5. The Balaban J connectivity index is 1.59. The van der Waals surface area contributed by atoms with Crippen molar-refractivity contribution >= 4 is 52.2 Å². The molecule has 0 unspecified atom stereocenters. The first-order chi connectivity index (χ1) is 16.0. The Morgan fingerprint density at radius 1 is 1.15 bits per heavy atom. The quantitative estimate of drug-likeness (QED) is 0.360. The zero-order chi connectivity index (χ0) is 24.8. The molecule has 0 aliphatic carbocycles. The molecule has 1 atom stereocenters. The predicted octanol–water partition coefficient (Wildman–Crippen LogP) is 6.35. The van der Waals surface area contributed by atoms with E-state index < -0.39 is 30.0 Å². The third-order valence-electron chi connectivity index (χ3n) is 5.22. The number of ketones is 1. The molecule has 0 radical (unpaired) electrons. The summed E-state index contributed by atoms with van der Waals surface area (Å²) >= 11 is 18.0. The normalized spacial score (nSPS) is 15.9. The molecular formula is C22H15Cl3F3N3O3. The van der Waals surface area contributed by atoms with Crippen LogP contribution in [0.1, 0.15) is 39.4 Å². The second kappa shape index (κ2) is 9.13. The van der Waals surface area contributed by atoms with Crippen LogP contribution in [-0.2, 0) is 6.18 Å². The Hall–Kier alpha value is -2.75. The van der Waals surface area contributed by atoms with Crippen LogP contribution in [0.25, 0.3) is 0 Å². The van der Waals surface area contributed by atoms with Gasteiger partial charge in [-0.05, 0) is 43.3 Å². The molecule has 0 saturated carbocycles. The maximum atomic E-state index is 13.2. The van der Waals surface area contributed by atoms with Gasteiger partial charge in [-0.25, -0.2) is 0 Å². The fourth-order valence-corrected chi connectivity index (χ4v) is 4.53. The molecule has 0 fully saturated rings. The van der Waals surface area contributed by atoms with Crippen LogP contribution < -0.4 is 9.64 Å². The average Bonchev–Trinajstić information content (AvgIpc) is 3.21. The fourth-order valence-electron chi connectivity index (χ4n) is 3.60. The number of hydrogen-bond acceptors (Lipinski definition) is 4. The van der Waals surface area contributed by atoms with E-state index in [2.05, 4.69) is 5.10 Å². The van der Waals surface area contributed by atoms with E-state index in [1.165, 1.54) is 40.0 Å². The molecule has 0 N–H and O–H groups in total. The standard InChI is InChI=1S/C22H15Cl3F3N3O3/c1-11-9-30(14-4-2-12(3-5-14)22(26,27)28)21(33)19-15(8-29-31(11)19)18(32)10-34-20-16(24)6-13(23)7-17(20)25/h2-8,11H,9-10H2,1H3/t11-/m0/s1. The van der Waals surface area contributed by atoms with Gasteiger partial charge in [0.25, 0.3) is 5.91 Å². The van der Waals surface area contributed by atoms with Gasteiger partial charge >= 0.3 is 6.18 Å². The van der Waals surface area contributed by atoms with Gasteiger partial charge in [-0.15, -0.1) is 0 Å². The lowest BCUT2D eigenvalue weighted by Crippen LogP contribution is -2.43. The Bertz CT molecular complexity index is 1250. The van der Waals surface area contributed by atoms with Crippen molar-refractivity contribution in [3.63, 3.8) is 0 Å². The molecule has 0 spiro atoms. The predicted molar refractivity (Wildman–Crippen MR) is 121 cm³/mol. The van der Waals surface area contributed by atoms with Crippen molar-refractivity contribution in [1.29, 1.82) is 0 Å². The van der Waals surface area contributed by atoms with Gasteiger partial charge in [-0.3, -0.25) is 14.3 Å². The summed E-state index contributed by atoms with van der Waals surface area (Å²) in [5.74, 6) is -1.06. The summed E-state index contributed by atoms with van der Waals surface area (Å²) in [6.07, 6.45) is -3.23. The minimum Gasteiger partial charge on any atom is -0.482 e. The summed E-state index contributed by atoms with van der Waals surface area (Å²) in [5.41, 5.74) is -0.534. The van der Waals surface area contributed by atoms with E-state index in [9.17, 15) is 22.8 Å². The highest BCUT2D eigenvalue weighted by Gasteiger charge is 2.36. The molecular weight excluding hydrogens is 518 g/mol. The van der Waals surface area contributed by atoms with Crippen LogP contribution in [0, 0.1) is 0 Å². The van der Waals surface area contributed by atoms with Gasteiger partial charge < -0.3 is 9.64 Å². The summed E-state index contributed by atoms with van der Waals surface area (Å²) in [6, 6.07) is 6.71. The monoisotopic (exact) mass is 531 g/mol. The fraction of sp³-hybridized carbons (Fsp3) is 0.227. The van der Waals surface area contributed by atoms with Gasteiger partial charge in [-0.1, -0.05) is 34.8 Å². The molecule has 12 heteroatoms. The third kappa shape index (κ3) is 4.60. The highest BCUT2D eigenvalue weighted by molar-refractivity contribution is 6.40. The molecule has 1 aliphatic heterocycles. The third-order valence-corrected chi connectivity index (χ3v) is 6.00. The first kappa shape index (κ1) is 24.4. The number of aromatic nitrogens is 2. The molecule has 34 heavy (non-hydrogen) atoms. The van der Waals surface area contributed by atoms with E-state index in [0.29, 0.717) is 5.02 Å². The zero-order valence-corrected chi connectivity index (χ0v) is 19.6. The van der Waals surface area contributed by atoms with Crippen LogP contribution in [0.15, 0.2) is 42.6 Å². The molecule has 6 nitrogen and oxygen atoms in total. The Morgan fingerprint density at radius 2 is 1.76 bits per heavy atom. The van der Waals surface area contributed by atoms with Crippen LogP contribution in [0.4, 0.5) is 18.9 Å². The molecule has 1 amide bonds. The van der Waals surface area contributed by atoms with Crippen molar-refractivity contribution in [2.45, 2.75) is 19.1 Å². The number of hydrogen-bond donors (Lipinski definition) is 0. The number of alkyl halides is 3. The van der Waals surface area contributed by atoms with Gasteiger partial charge in [0.1, 0.15) is 5.69 Å². The van der Waals surface area contributed by atoms with Crippen LogP contribution in [0.5, 0.6) is 5.75 Å². The molecule has 0 saturated heterocycles. The lowest BCUT2D eigenvalue weighted by atomic mass is 10.1. The minimum absolute atomic E-state index is 0.00895. The molecule has 178 valence electrons. The number of benzene rings is 2. The van der Waals surface area contributed by atoms with Gasteiger partial charge in [0.15, 0.2) is 12.4 Å². The van der Waals surface area contributed by atoms with Crippen LogP contribution in [-0.4, -0.2) is 34.6 Å². The van der Waals surface area contributed by atoms with Crippen molar-refractivity contribution in [2.75, 3.05) is 18.1 Å². The Morgan fingerprint density at radius 3 is 2.35 bits per heavy atom. The SMILES string of the molecule is C[C@H]1CN(c2ccc(C(F)(F)F)cc2)C(=O)c2c(C(=O)COc3c(Cl)cc(Cl)cc3Cl)cnn21. The molecule has 1 aromatic heterocycles. The number of fused-ring (bicyclic) bond motifs is 1. The van der Waals surface area contributed by atoms with Crippen LogP contribution >= 0.6 is 34.8 Å². The largest absolute Gasteiger partial charge is 0.482 e. The van der Waals surface area contributed by atoms with E-state index in [1.807, 2.05) is 0 Å². The number of rotatable bonds is 5. The van der Waals surface area contributed by atoms with Gasteiger partial charge in [0.05, 0.1) is 33.4 Å². The molecule has 0 bridgehead atoms. The Kier molecular flexibility index (Phi) is 6.54. The number of nitrogens with zero attached hydrogens (tertiary/aromatic N) is 3. The number of halogens is 6. The molecule has 3 aromatic rings. The number of carbonyl (C=O) groups is 2. The summed E-state index contributed by atoms with van der Waals surface area (Å²) in [7, 11) is 0. The number of Topliss-reactive ketones (excluding diaryl/α,β-unsaturated/α-hetero) is 1. The number of carbonyl (C=O) groups excluding carboxylic acids is 2. The molecule has 1 aliphatic rings. The lowest BCUT2D eigenvalue weighted by molar-refractivity contribution is -0.137. The molecule has 2 aromatic carbocycles. The van der Waals surface area contributed by atoms with E-state index in [1.54, 1.807) is 6.92 Å². The van der Waals surface area contributed by atoms with Crippen LogP contribution in [0.2, 0.25) is 15.1 Å². The molecule has 2 heterocycles. The first-order valence-electron chi connectivity index (χ1n) is 9.84. The molecule has 4 rings (SSSR count). The average molecular weight is 533 g/mol. The maximum absolute atomic E-state index is 13.2.